The van der Waals surface area contributed by atoms with Crippen molar-refractivity contribution in [3.05, 3.63) is 0 Å². The Labute approximate surface area is 109 Å². The lowest BCUT2D eigenvalue weighted by molar-refractivity contribution is -0.0209. The Hall–Kier alpha value is -0.240. The van der Waals surface area contributed by atoms with Gasteiger partial charge in [-0.05, 0) is 27.9 Å². The normalized spacial score (nSPS) is 19.0. The fourth-order valence-electron chi connectivity index (χ4n) is 1.93. The first kappa shape index (κ1) is 17.8. The molecule has 0 saturated carbocycles. The van der Waals surface area contributed by atoms with Crippen molar-refractivity contribution in [2.45, 2.75) is 38.3 Å². The summed E-state index contributed by atoms with van der Waals surface area (Å²) in [6.07, 6.45) is -2.66. The van der Waals surface area contributed by atoms with Gasteiger partial charge in [0.15, 0.2) is 0 Å². The molecule has 0 bridgehead atoms. The Morgan fingerprint density at radius 1 is 0.667 bits per heavy atom. The summed E-state index contributed by atoms with van der Waals surface area (Å²) in [7, 11) is 3.56. The van der Waals surface area contributed by atoms with Gasteiger partial charge in [-0.2, -0.15) is 0 Å². The van der Waals surface area contributed by atoms with Gasteiger partial charge >= 0.3 is 0 Å². The second kappa shape index (κ2) is 8.79. The molecule has 0 aromatic heterocycles. The number of nitrogens with zero attached hydrogens (tertiary/aromatic N) is 2. The SMILES string of the molecule is CC(O)CN(C)CC(O)C(O)CN(C)CC(C)O. The van der Waals surface area contributed by atoms with Crippen molar-refractivity contribution in [3.63, 3.8) is 0 Å². The second-order valence-corrected chi connectivity index (χ2v) is 5.28. The topological polar surface area (TPSA) is 87.4 Å². The van der Waals surface area contributed by atoms with E-state index in [0.29, 0.717) is 26.2 Å². The molecule has 18 heavy (non-hydrogen) atoms. The molecule has 4 atom stereocenters. The van der Waals surface area contributed by atoms with E-state index in [-0.39, 0.29) is 0 Å². The molecule has 110 valence electrons. The van der Waals surface area contributed by atoms with Crippen LogP contribution in [-0.4, -0.2) is 94.9 Å². The second-order valence-electron chi connectivity index (χ2n) is 5.28. The number of rotatable bonds is 9. The third-order valence-corrected chi connectivity index (χ3v) is 2.59. The molecular formula is C12H28N2O4. The Bertz CT molecular complexity index is 192. The Balaban J connectivity index is 3.98. The van der Waals surface area contributed by atoms with Crippen LogP contribution in [0.4, 0.5) is 0 Å². The van der Waals surface area contributed by atoms with Gasteiger partial charge in [-0.3, -0.25) is 0 Å². The van der Waals surface area contributed by atoms with Crippen LogP contribution in [0.2, 0.25) is 0 Å². The van der Waals surface area contributed by atoms with Crippen LogP contribution in [0.5, 0.6) is 0 Å². The van der Waals surface area contributed by atoms with E-state index in [2.05, 4.69) is 0 Å². The molecule has 0 heterocycles. The third-order valence-electron chi connectivity index (χ3n) is 2.59. The standard InChI is InChI=1S/C12H28N2O4/c1-9(15)5-13(3)7-11(17)12(18)8-14(4)6-10(2)16/h9-12,15-18H,5-8H2,1-4H3. The van der Waals surface area contributed by atoms with E-state index >= 15 is 0 Å². The quantitative estimate of drug-likeness (QED) is 0.398. The monoisotopic (exact) mass is 264 g/mol. The molecule has 6 heteroatoms. The number of aliphatic hydroxyl groups excluding tert-OH is 4. The summed E-state index contributed by atoms with van der Waals surface area (Å²) in [6.45, 7) is 4.86. The largest absolute Gasteiger partial charge is 0.392 e. The smallest absolute Gasteiger partial charge is 0.0938 e. The molecule has 0 saturated heterocycles. The van der Waals surface area contributed by atoms with Gasteiger partial charge in [0.2, 0.25) is 0 Å². The van der Waals surface area contributed by atoms with Crippen LogP contribution in [0.15, 0.2) is 0 Å². The molecule has 0 aliphatic rings. The van der Waals surface area contributed by atoms with Crippen LogP contribution in [0, 0.1) is 0 Å². The van der Waals surface area contributed by atoms with Crippen LogP contribution in [0.25, 0.3) is 0 Å². The molecule has 0 aromatic rings. The summed E-state index contributed by atoms with van der Waals surface area (Å²) in [6, 6.07) is 0. The van der Waals surface area contributed by atoms with Crippen molar-refractivity contribution in [1.82, 2.24) is 9.80 Å². The molecule has 0 aliphatic carbocycles. The Kier molecular flexibility index (Phi) is 8.67. The van der Waals surface area contributed by atoms with Gasteiger partial charge in [-0.1, -0.05) is 0 Å². The first-order chi connectivity index (χ1) is 8.22. The average molecular weight is 264 g/mol. The van der Waals surface area contributed by atoms with E-state index in [9.17, 15) is 20.4 Å². The molecule has 4 N–H and O–H groups in total. The molecule has 0 spiro atoms. The van der Waals surface area contributed by atoms with E-state index in [1.54, 1.807) is 37.7 Å². The minimum atomic E-state index is -0.870. The molecule has 0 aliphatic heterocycles. The highest BCUT2D eigenvalue weighted by Gasteiger charge is 2.20. The molecular weight excluding hydrogens is 236 g/mol. The van der Waals surface area contributed by atoms with Crippen molar-refractivity contribution < 1.29 is 20.4 Å². The number of hydrogen-bond acceptors (Lipinski definition) is 6. The maximum atomic E-state index is 9.82. The number of aliphatic hydroxyl groups is 4. The van der Waals surface area contributed by atoms with E-state index in [1.807, 2.05) is 0 Å². The highest BCUT2D eigenvalue weighted by atomic mass is 16.3. The lowest BCUT2D eigenvalue weighted by Crippen LogP contribution is -2.45. The van der Waals surface area contributed by atoms with E-state index in [4.69, 9.17) is 0 Å². The predicted octanol–water partition coefficient (Wildman–Crippen LogP) is -1.67. The van der Waals surface area contributed by atoms with Crippen molar-refractivity contribution in [2.24, 2.45) is 0 Å². The average Bonchev–Trinajstić information content (AvgIpc) is 2.13. The summed E-state index contributed by atoms with van der Waals surface area (Å²) < 4.78 is 0. The fourth-order valence-corrected chi connectivity index (χ4v) is 1.93. The summed E-state index contributed by atoms with van der Waals surface area (Å²) in [5.41, 5.74) is 0. The van der Waals surface area contributed by atoms with Crippen LogP contribution in [-0.2, 0) is 0 Å². The van der Waals surface area contributed by atoms with Gasteiger partial charge < -0.3 is 30.2 Å². The van der Waals surface area contributed by atoms with Gasteiger partial charge in [-0.15, -0.1) is 0 Å². The zero-order chi connectivity index (χ0) is 14.3. The maximum absolute atomic E-state index is 9.82. The summed E-state index contributed by atoms with van der Waals surface area (Å²) in [5.74, 6) is 0. The van der Waals surface area contributed by atoms with Crippen molar-refractivity contribution in [2.75, 3.05) is 40.3 Å². The fraction of sp³-hybridized carbons (Fsp3) is 1.00. The van der Waals surface area contributed by atoms with Crippen molar-refractivity contribution in [3.8, 4) is 0 Å². The van der Waals surface area contributed by atoms with Gasteiger partial charge in [0.1, 0.15) is 0 Å². The summed E-state index contributed by atoms with van der Waals surface area (Å²) >= 11 is 0. The van der Waals surface area contributed by atoms with Gasteiger partial charge in [0.05, 0.1) is 24.4 Å². The predicted molar refractivity (Wildman–Crippen MR) is 70.4 cm³/mol. The maximum Gasteiger partial charge on any atom is 0.0938 e. The summed E-state index contributed by atoms with van der Waals surface area (Å²) in [5, 5.41) is 38.0. The zero-order valence-corrected chi connectivity index (χ0v) is 11.8. The van der Waals surface area contributed by atoms with Gasteiger partial charge in [0.25, 0.3) is 0 Å². The highest BCUT2D eigenvalue weighted by Crippen LogP contribution is 2.01. The highest BCUT2D eigenvalue weighted by molar-refractivity contribution is 4.74. The Morgan fingerprint density at radius 3 is 1.17 bits per heavy atom. The minimum Gasteiger partial charge on any atom is -0.392 e. The van der Waals surface area contributed by atoms with Crippen LogP contribution in [0.1, 0.15) is 13.8 Å². The first-order valence-corrected chi connectivity index (χ1v) is 6.31. The van der Waals surface area contributed by atoms with E-state index in [1.165, 1.54) is 0 Å². The van der Waals surface area contributed by atoms with Gasteiger partial charge in [0, 0.05) is 26.2 Å². The van der Waals surface area contributed by atoms with Crippen LogP contribution < -0.4 is 0 Å². The molecule has 4 unspecified atom stereocenters. The van der Waals surface area contributed by atoms with E-state index in [0.717, 1.165) is 0 Å². The van der Waals surface area contributed by atoms with Crippen LogP contribution in [0.3, 0.4) is 0 Å². The lowest BCUT2D eigenvalue weighted by atomic mass is 10.1. The van der Waals surface area contributed by atoms with E-state index < -0.39 is 24.4 Å². The van der Waals surface area contributed by atoms with Gasteiger partial charge in [-0.25, -0.2) is 0 Å². The molecule has 0 aromatic carbocycles. The summed E-state index contributed by atoms with van der Waals surface area (Å²) in [4.78, 5) is 3.54. The molecule has 6 nitrogen and oxygen atoms in total. The zero-order valence-electron chi connectivity index (χ0n) is 11.8. The van der Waals surface area contributed by atoms with Crippen LogP contribution >= 0.6 is 0 Å². The Morgan fingerprint density at radius 2 is 0.944 bits per heavy atom. The molecule has 0 rings (SSSR count). The third kappa shape index (κ3) is 8.79. The molecule has 0 fully saturated rings. The molecule has 0 radical (unpaired) electrons. The minimum absolute atomic E-state index is 0.300. The lowest BCUT2D eigenvalue weighted by Gasteiger charge is -2.28. The first-order valence-electron chi connectivity index (χ1n) is 6.31. The number of likely N-dealkylation sites (N-methyl/N-ethyl adjacent to an activating group) is 2. The van der Waals surface area contributed by atoms with Crippen molar-refractivity contribution >= 4 is 0 Å². The van der Waals surface area contributed by atoms with Crippen molar-refractivity contribution in [1.29, 1.82) is 0 Å². The number of hydrogen-bond donors (Lipinski definition) is 4. The molecule has 0 amide bonds.